The molecule has 22 heavy (non-hydrogen) atoms. The maximum Gasteiger partial charge on any atom is -0.0326 e. The molecule has 0 bridgehead atoms. The van der Waals surface area contributed by atoms with Crippen molar-refractivity contribution in [2.45, 2.75) is 126 Å². The quantitative estimate of drug-likeness (QED) is 0.282. The molecular formula is C22H46. The highest BCUT2D eigenvalue weighted by Gasteiger charge is 2.26. The Balaban J connectivity index is 4.09. The lowest BCUT2D eigenvalue weighted by atomic mass is 9.71. The Labute approximate surface area is 142 Å². The second kappa shape index (κ2) is 11.5. The van der Waals surface area contributed by atoms with Gasteiger partial charge in [0.25, 0.3) is 0 Å². The van der Waals surface area contributed by atoms with Gasteiger partial charge >= 0.3 is 0 Å². The maximum atomic E-state index is 2.55. The van der Waals surface area contributed by atoms with Crippen LogP contribution in [0.1, 0.15) is 126 Å². The molecule has 0 saturated carbocycles. The number of rotatable bonds is 14. The molecule has 0 N–H and O–H groups in total. The van der Waals surface area contributed by atoms with Crippen molar-refractivity contribution in [1.82, 2.24) is 0 Å². The van der Waals surface area contributed by atoms with E-state index < -0.39 is 0 Å². The van der Waals surface area contributed by atoms with E-state index in [1.54, 1.807) is 0 Å². The normalized spacial score (nSPS) is 15.3. The van der Waals surface area contributed by atoms with Gasteiger partial charge in [-0.15, -0.1) is 0 Å². The minimum absolute atomic E-state index is 0.541. The summed E-state index contributed by atoms with van der Waals surface area (Å²) in [5, 5.41) is 0. The zero-order chi connectivity index (χ0) is 17.1. The van der Waals surface area contributed by atoms with Crippen LogP contribution in [0, 0.1) is 16.7 Å². The Kier molecular flexibility index (Phi) is 11.5. The van der Waals surface area contributed by atoms with E-state index >= 15 is 0 Å². The molecule has 1 unspecified atom stereocenters. The van der Waals surface area contributed by atoms with E-state index in [0.29, 0.717) is 10.8 Å². The first-order chi connectivity index (χ1) is 10.2. The van der Waals surface area contributed by atoms with E-state index in [9.17, 15) is 0 Å². The Morgan fingerprint density at radius 3 is 1.86 bits per heavy atom. The van der Waals surface area contributed by atoms with Gasteiger partial charge in [-0.1, -0.05) is 93.4 Å². The summed E-state index contributed by atoms with van der Waals surface area (Å²) in [6, 6.07) is 0. The molecule has 0 radical (unpaired) electrons. The minimum Gasteiger partial charge on any atom is -0.0654 e. The highest BCUT2D eigenvalue weighted by Crippen LogP contribution is 2.40. The van der Waals surface area contributed by atoms with Crippen molar-refractivity contribution >= 4 is 0 Å². The molecule has 0 spiro atoms. The van der Waals surface area contributed by atoms with Gasteiger partial charge < -0.3 is 0 Å². The average molecular weight is 311 g/mol. The summed E-state index contributed by atoms with van der Waals surface area (Å²) in [5.41, 5.74) is 1.14. The lowest BCUT2D eigenvalue weighted by molar-refractivity contribution is 0.180. The molecule has 0 aliphatic heterocycles. The summed E-state index contributed by atoms with van der Waals surface area (Å²) in [4.78, 5) is 0. The Hall–Kier alpha value is 0. The van der Waals surface area contributed by atoms with Crippen LogP contribution in [0.5, 0.6) is 0 Å². The average Bonchev–Trinajstić information content (AvgIpc) is 2.43. The van der Waals surface area contributed by atoms with Gasteiger partial charge in [-0.05, 0) is 48.9 Å². The molecule has 0 aromatic heterocycles. The molecule has 0 heterocycles. The van der Waals surface area contributed by atoms with E-state index in [1.165, 1.54) is 77.0 Å². The second-order valence-corrected chi connectivity index (χ2v) is 9.32. The summed E-state index contributed by atoms with van der Waals surface area (Å²) >= 11 is 0. The third-order valence-electron chi connectivity index (χ3n) is 5.53. The lowest BCUT2D eigenvalue weighted by Gasteiger charge is -2.34. The van der Waals surface area contributed by atoms with Crippen molar-refractivity contribution in [1.29, 1.82) is 0 Å². The number of unbranched alkanes of at least 4 members (excludes halogenated alkanes) is 3. The van der Waals surface area contributed by atoms with Crippen LogP contribution in [-0.4, -0.2) is 0 Å². The lowest BCUT2D eigenvalue weighted by Crippen LogP contribution is -2.21. The molecule has 1 atom stereocenters. The van der Waals surface area contributed by atoms with Gasteiger partial charge in [0.2, 0.25) is 0 Å². The van der Waals surface area contributed by atoms with Gasteiger partial charge in [-0.25, -0.2) is 0 Å². The van der Waals surface area contributed by atoms with Crippen molar-refractivity contribution in [3.63, 3.8) is 0 Å². The van der Waals surface area contributed by atoms with Gasteiger partial charge in [-0.3, -0.25) is 0 Å². The SMILES string of the molecule is CCCCC(C)(CCC)CCC(C)(C)CCCCCC(C)C. The zero-order valence-corrected chi connectivity index (χ0v) is 17.1. The van der Waals surface area contributed by atoms with Crippen LogP contribution in [0.25, 0.3) is 0 Å². The van der Waals surface area contributed by atoms with E-state index in [-0.39, 0.29) is 0 Å². The molecular weight excluding hydrogens is 264 g/mol. The van der Waals surface area contributed by atoms with Crippen LogP contribution >= 0.6 is 0 Å². The smallest absolute Gasteiger partial charge is 0.0326 e. The van der Waals surface area contributed by atoms with Crippen LogP contribution in [0.4, 0.5) is 0 Å². The topological polar surface area (TPSA) is 0 Å². The zero-order valence-electron chi connectivity index (χ0n) is 17.1. The first kappa shape index (κ1) is 22.0. The van der Waals surface area contributed by atoms with Crippen molar-refractivity contribution in [3.8, 4) is 0 Å². The van der Waals surface area contributed by atoms with Crippen LogP contribution in [0.15, 0.2) is 0 Å². The molecule has 0 aliphatic carbocycles. The molecule has 0 nitrogen and oxygen atoms in total. The van der Waals surface area contributed by atoms with E-state index in [4.69, 9.17) is 0 Å². The van der Waals surface area contributed by atoms with Crippen LogP contribution in [0.3, 0.4) is 0 Å². The van der Waals surface area contributed by atoms with Crippen LogP contribution in [0.2, 0.25) is 0 Å². The summed E-state index contributed by atoms with van der Waals surface area (Å²) < 4.78 is 0. The highest BCUT2D eigenvalue weighted by molar-refractivity contribution is 4.78. The maximum absolute atomic E-state index is 2.55. The first-order valence-corrected chi connectivity index (χ1v) is 10.2. The third-order valence-corrected chi connectivity index (χ3v) is 5.53. The fourth-order valence-corrected chi connectivity index (χ4v) is 3.68. The third kappa shape index (κ3) is 11.6. The fraction of sp³-hybridized carbons (Fsp3) is 1.00. The molecule has 0 aliphatic rings. The van der Waals surface area contributed by atoms with Gasteiger partial charge in [0.1, 0.15) is 0 Å². The molecule has 0 rings (SSSR count). The predicted octanol–water partition coefficient (Wildman–Crippen LogP) is 8.40. The Bertz CT molecular complexity index is 251. The monoisotopic (exact) mass is 310 g/mol. The molecule has 0 fully saturated rings. The predicted molar refractivity (Wildman–Crippen MR) is 103 cm³/mol. The highest BCUT2D eigenvalue weighted by atomic mass is 14.3. The number of hydrogen-bond acceptors (Lipinski definition) is 0. The van der Waals surface area contributed by atoms with Gasteiger partial charge in [-0.2, -0.15) is 0 Å². The largest absolute Gasteiger partial charge is 0.0654 e. The number of hydrogen-bond donors (Lipinski definition) is 0. The molecule has 0 amide bonds. The van der Waals surface area contributed by atoms with Gasteiger partial charge in [0.05, 0.1) is 0 Å². The summed E-state index contributed by atoms with van der Waals surface area (Å²) in [5.74, 6) is 0.876. The summed E-state index contributed by atoms with van der Waals surface area (Å²) in [7, 11) is 0. The van der Waals surface area contributed by atoms with Gasteiger partial charge in [0.15, 0.2) is 0 Å². The Morgan fingerprint density at radius 2 is 1.32 bits per heavy atom. The first-order valence-electron chi connectivity index (χ1n) is 10.2. The molecule has 0 aromatic rings. The molecule has 0 saturated heterocycles. The Morgan fingerprint density at radius 1 is 0.636 bits per heavy atom. The summed E-state index contributed by atoms with van der Waals surface area (Å²) in [6.07, 6.45) is 16.9. The van der Waals surface area contributed by atoms with Crippen LogP contribution in [-0.2, 0) is 0 Å². The van der Waals surface area contributed by atoms with Crippen LogP contribution < -0.4 is 0 Å². The van der Waals surface area contributed by atoms with E-state index in [2.05, 4.69) is 48.5 Å². The van der Waals surface area contributed by atoms with Crippen molar-refractivity contribution < 1.29 is 0 Å². The molecule has 134 valence electrons. The van der Waals surface area contributed by atoms with Gasteiger partial charge in [0, 0.05) is 0 Å². The molecule has 0 heteroatoms. The second-order valence-electron chi connectivity index (χ2n) is 9.32. The molecule has 0 aromatic carbocycles. The van der Waals surface area contributed by atoms with E-state index in [1.807, 2.05) is 0 Å². The standard InChI is InChI=1S/C22H46/c1-8-10-17-22(7,15-9-2)19-18-21(5,6)16-13-11-12-14-20(3)4/h20H,8-19H2,1-7H3. The minimum atomic E-state index is 0.541. The fourth-order valence-electron chi connectivity index (χ4n) is 3.68. The van der Waals surface area contributed by atoms with Crippen molar-refractivity contribution in [3.05, 3.63) is 0 Å². The van der Waals surface area contributed by atoms with Crippen molar-refractivity contribution in [2.24, 2.45) is 16.7 Å². The van der Waals surface area contributed by atoms with E-state index in [0.717, 1.165) is 5.92 Å². The van der Waals surface area contributed by atoms with Crippen molar-refractivity contribution in [2.75, 3.05) is 0 Å². The summed E-state index contributed by atoms with van der Waals surface area (Å²) in [6.45, 7) is 16.9.